The van der Waals surface area contributed by atoms with Crippen molar-refractivity contribution in [2.75, 3.05) is 67.1 Å². The zero-order chi connectivity index (χ0) is 53.4. The van der Waals surface area contributed by atoms with Crippen LogP contribution in [0.3, 0.4) is 0 Å². The van der Waals surface area contributed by atoms with E-state index in [0.29, 0.717) is 47.2 Å². The Balaban J connectivity index is 0.000000593. The minimum Gasteiger partial charge on any atom is -0.494 e. The minimum atomic E-state index is -1.77. The summed E-state index contributed by atoms with van der Waals surface area (Å²) in [6, 6.07) is 25.3. The number of hydrogen-bond acceptors (Lipinski definition) is 18. The summed E-state index contributed by atoms with van der Waals surface area (Å²) in [5, 5.41) is 114. The Hall–Kier alpha value is -4.46. The average Bonchev–Trinajstić information content (AvgIpc) is 3.39. The van der Waals surface area contributed by atoms with Gasteiger partial charge >= 0.3 is 0 Å². The van der Waals surface area contributed by atoms with Crippen molar-refractivity contribution in [3.63, 3.8) is 0 Å². The van der Waals surface area contributed by atoms with Crippen LogP contribution >= 0.6 is 23.2 Å². The molecule has 0 aromatic heterocycles. The molecule has 412 valence electrons. The molecule has 2 saturated heterocycles. The van der Waals surface area contributed by atoms with Gasteiger partial charge in [-0.1, -0.05) is 98.1 Å². The zero-order valence-electron chi connectivity index (χ0n) is 40.3. The van der Waals surface area contributed by atoms with Gasteiger partial charge in [0.1, 0.15) is 86.8 Å². The number of rotatable bonds is 14. The Morgan fingerprint density at radius 2 is 0.797 bits per heavy atom. The van der Waals surface area contributed by atoms with Gasteiger partial charge in [0.2, 0.25) is 11.6 Å². The van der Waals surface area contributed by atoms with Crippen molar-refractivity contribution in [2.24, 2.45) is 0 Å². The van der Waals surface area contributed by atoms with Crippen LogP contribution in [0.4, 0.5) is 0 Å². The summed E-state index contributed by atoms with van der Waals surface area (Å²) in [6.45, 7) is 3.25. The lowest BCUT2D eigenvalue weighted by molar-refractivity contribution is -0.366. The molecule has 4 aromatic rings. The van der Waals surface area contributed by atoms with E-state index in [-0.39, 0.29) is 41.3 Å². The number of methoxy groups -OCH3 is 2. The molecule has 2 fully saturated rings. The van der Waals surface area contributed by atoms with E-state index in [2.05, 4.69) is 23.7 Å². The molecule has 6 rings (SSSR count). The number of aliphatic hydroxyl groups is 12. The van der Waals surface area contributed by atoms with Crippen molar-refractivity contribution in [1.82, 2.24) is 0 Å². The molecule has 0 unspecified atom stereocenters. The third kappa shape index (κ3) is 17.8. The van der Waals surface area contributed by atoms with Crippen LogP contribution < -0.4 is 9.47 Å². The summed E-state index contributed by atoms with van der Waals surface area (Å²) in [5.41, 5.74) is 4.33. The molecule has 2 aliphatic heterocycles. The Morgan fingerprint density at radius 3 is 1.05 bits per heavy atom. The van der Waals surface area contributed by atoms with E-state index in [1.807, 2.05) is 62.4 Å². The Kier molecular flexibility index (Phi) is 31.3. The largest absolute Gasteiger partial charge is 0.494 e. The standard InChI is InChI=1S/2C22H27ClO7.2C4H6O2.2CH4/c2*1-3-29-16-7-4-13(5-8-16)10-14-11-15(6-9-17(14)23)22(28-2)21(27)20(26)19(25)18(12-24)30-22;2*5-3-1-2-4-6;;/h2*4-9,11,18-21,24-27H,3,10,12H2,1-2H3;2*5-6H,3-4H2;2*1H4/t2*18-,19-,20+,21-,22+;;;;/m11..../s1. The molecule has 20 heteroatoms. The number of ether oxygens (including phenoxy) is 6. The maximum Gasteiger partial charge on any atom is 0.224 e. The van der Waals surface area contributed by atoms with E-state index in [4.69, 9.17) is 72.0 Å². The van der Waals surface area contributed by atoms with Gasteiger partial charge in [0.25, 0.3) is 0 Å². The van der Waals surface area contributed by atoms with Gasteiger partial charge in [0, 0.05) is 35.4 Å². The quantitative estimate of drug-likeness (QED) is 0.0808. The fourth-order valence-corrected chi connectivity index (χ4v) is 7.96. The van der Waals surface area contributed by atoms with Gasteiger partial charge in [-0.3, -0.25) is 0 Å². The highest BCUT2D eigenvalue weighted by atomic mass is 35.5. The molecule has 4 aromatic carbocycles. The molecule has 0 aliphatic carbocycles. The molecule has 0 radical (unpaired) electrons. The second-order valence-corrected chi connectivity index (χ2v) is 16.5. The van der Waals surface area contributed by atoms with Crippen molar-refractivity contribution in [1.29, 1.82) is 0 Å². The molecule has 18 nitrogen and oxygen atoms in total. The Bertz CT molecular complexity index is 2150. The summed E-state index contributed by atoms with van der Waals surface area (Å²) in [4.78, 5) is 0. The first-order valence-electron chi connectivity index (χ1n) is 22.7. The second kappa shape index (κ2) is 34.3. The smallest absolute Gasteiger partial charge is 0.224 e. The topological polar surface area (TPSA) is 298 Å². The molecule has 12 N–H and O–H groups in total. The highest BCUT2D eigenvalue weighted by molar-refractivity contribution is 6.31. The molecule has 10 atom stereocenters. The first-order chi connectivity index (χ1) is 34.5. The maximum atomic E-state index is 10.7. The monoisotopic (exact) mass is 1080 g/mol. The average molecular weight is 1080 g/mol. The van der Waals surface area contributed by atoms with Crippen LogP contribution in [-0.4, -0.2) is 177 Å². The van der Waals surface area contributed by atoms with Gasteiger partial charge in [-0.2, -0.15) is 0 Å². The molecule has 74 heavy (non-hydrogen) atoms. The summed E-state index contributed by atoms with van der Waals surface area (Å²) in [7, 11) is 2.64. The van der Waals surface area contributed by atoms with Gasteiger partial charge in [-0.25, -0.2) is 0 Å². The van der Waals surface area contributed by atoms with Crippen LogP contribution in [0, 0.1) is 23.7 Å². The molecule has 2 heterocycles. The molecule has 0 saturated carbocycles. The molecule has 2 aliphatic rings. The van der Waals surface area contributed by atoms with Gasteiger partial charge < -0.3 is 89.7 Å². The zero-order valence-corrected chi connectivity index (χ0v) is 41.9. The lowest BCUT2D eigenvalue weighted by Crippen LogP contribution is -2.64. The van der Waals surface area contributed by atoms with Gasteiger partial charge in [-0.05, 0) is 97.5 Å². The van der Waals surface area contributed by atoms with Crippen molar-refractivity contribution in [3.8, 4) is 35.2 Å². The lowest BCUT2D eigenvalue weighted by Gasteiger charge is -2.47. The molecular formula is C54H74Cl2O18. The molecule has 0 amide bonds. The van der Waals surface area contributed by atoms with Crippen molar-refractivity contribution >= 4 is 23.2 Å². The maximum absolute atomic E-state index is 10.7. The first-order valence-corrected chi connectivity index (χ1v) is 23.4. The van der Waals surface area contributed by atoms with Gasteiger partial charge in [0.15, 0.2) is 0 Å². The van der Waals surface area contributed by atoms with Crippen LogP contribution in [0.25, 0.3) is 0 Å². The van der Waals surface area contributed by atoms with Crippen LogP contribution in [0.1, 0.15) is 62.1 Å². The highest BCUT2D eigenvalue weighted by Gasteiger charge is 2.56. The van der Waals surface area contributed by atoms with Gasteiger partial charge in [0.05, 0.1) is 26.4 Å². The number of benzene rings is 4. The van der Waals surface area contributed by atoms with E-state index < -0.39 is 73.6 Å². The SMILES string of the molecule is C.C.CCOc1ccc(Cc2cc([C@]3(OC)O[C@H](CO)[C@@H](O)[C@H](O)[C@H]3O)ccc2Cl)cc1.CCOc1ccc(Cc2cc([C@]3(OC)O[C@H](CO)[C@@H](O)[C@H](O)[C@H]3O)ccc2Cl)cc1.OCC#CCO.OCC#CCO. The normalized spacial score (nSPS) is 24.6. The fourth-order valence-electron chi connectivity index (χ4n) is 7.59. The molecular weight excluding hydrogens is 1010 g/mol. The van der Waals surface area contributed by atoms with E-state index in [0.717, 1.165) is 33.8 Å². The number of hydrogen-bond donors (Lipinski definition) is 12. The predicted molar refractivity (Wildman–Crippen MR) is 278 cm³/mol. The third-order valence-corrected chi connectivity index (χ3v) is 12.0. The van der Waals surface area contributed by atoms with Crippen LogP contribution in [-0.2, 0) is 43.4 Å². The van der Waals surface area contributed by atoms with Crippen molar-refractivity contribution in [3.05, 3.63) is 128 Å². The van der Waals surface area contributed by atoms with Crippen LogP contribution in [0.5, 0.6) is 11.5 Å². The number of halogens is 2. The first kappa shape index (κ1) is 67.6. The Morgan fingerprint density at radius 1 is 0.486 bits per heavy atom. The molecule has 0 spiro atoms. The molecule has 0 bridgehead atoms. The van der Waals surface area contributed by atoms with Crippen LogP contribution in [0.2, 0.25) is 10.0 Å². The predicted octanol–water partition coefficient (Wildman–Crippen LogP) is 2.43. The van der Waals surface area contributed by atoms with E-state index in [1.54, 1.807) is 36.4 Å². The van der Waals surface area contributed by atoms with Gasteiger partial charge in [-0.15, -0.1) is 0 Å². The summed E-state index contributed by atoms with van der Waals surface area (Å²) < 4.78 is 33.4. The lowest BCUT2D eigenvalue weighted by atomic mass is 9.87. The van der Waals surface area contributed by atoms with Crippen LogP contribution in [0.15, 0.2) is 84.9 Å². The van der Waals surface area contributed by atoms with Crippen molar-refractivity contribution < 1.29 is 89.7 Å². The third-order valence-electron chi connectivity index (χ3n) is 11.2. The summed E-state index contributed by atoms with van der Waals surface area (Å²) in [5.74, 6) is 7.02. The minimum absolute atomic E-state index is 0. The fraction of sp³-hybridized carbons (Fsp3) is 0.481. The van der Waals surface area contributed by atoms with Crippen molar-refractivity contribution in [2.45, 2.75) is 102 Å². The summed E-state index contributed by atoms with van der Waals surface area (Å²) >= 11 is 12.8. The number of aliphatic hydroxyl groups excluding tert-OH is 12. The van der Waals surface area contributed by atoms with E-state index in [1.165, 1.54) is 14.2 Å². The summed E-state index contributed by atoms with van der Waals surface area (Å²) in [6.07, 6.45) is -10.5. The highest BCUT2D eigenvalue weighted by Crippen LogP contribution is 2.42. The van der Waals surface area contributed by atoms with E-state index >= 15 is 0 Å². The Labute approximate surface area is 443 Å². The van der Waals surface area contributed by atoms with E-state index in [9.17, 15) is 40.9 Å². The second-order valence-electron chi connectivity index (χ2n) is 15.7.